The molecule has 0 aliphatic carbocycles. The summed E-state index contributed by atoms with van der Waals surface area (Å²) in [6, 6.07) is 16.6. The van der Waals surface area contributed by atoms with Crippen LogP contribution in [-0.4, -0.2) is 39.4 Å². The molecule has 0 aliphatic heterocycles. The zero-order valence-corrected chi connectivity index (χ0v) is 17.5. The van der Waals surface area contributed by atoms with Crippen LogP contribution in [0.3, 0.4) is 0 Å². The first-order valence-electron chi connectivity index (χ1n) is 8.54. The van der Waals surface area contributed by atoms with E-state index >= 15 is 0 Å². The fraction of sp³-hybridized carbons (Fsp3) is 0.316. The van der Waals surface area contributed by atoms with Crippen molar-refractivity contribution in [3.8, 4) is 0 Å². The van der Waals surface area contributed by atoms with E-state index in [1.807, 2.05) is 30.3 Å². The molecule has 0 saturated carbocycles. The number of rotatable bonds is 10. The van der Waals surface area contributed by atoms with Crippen molar-refractivity contribution in [1.82, 2.24) is 5.32 Å². The summed E-state index contributed by atoms with van der Waals surface area (Å²) in [5.74, 6) is 0.712. The van der Waals surface area contributed by atoms with E-state index in [1.165, 1.54) is 9.20 Å². The van der Waals surface area contributed by atoms with E-state index < -0.39 is 10.0 Å². The first-order chi connectivity index (χ1) is 12.9. The van der Waals surface area contributed by atoms with Gasteiger partial charge in [-0.1, -0.05) is 29.8 Å². The van der Waals surface area contributed by atoms with Crippen molar-refractivity contribution in [3.63, 3.8) is 0 Å². The van der Waals surface area contributed by atoms with Gasteiger partial charge in [0.05, 0.1) is 11.9 Å². The molecule has 1 amide bonds. The summed E-state index contributed by atoms with van der Waals surface area (Å²) in [5, 5.41) is 3.41. The monoisotopic (exact) mass is 426 g/mol. The second-order valence-electron chi connectivity index (χ2n) is 5.93. The summed E-state index contributed by atoms with van der Waals surface area (Å²) in [6.45, 7) is 0.817. The van der Waals surface area contributed by atoms with Gasteiger partial charge in [-0.15, -0.1) is 11.8 Å². The lowest BCUT2D eigenvalue weighted by Gasteiger charge is -2.22. The number of hydrogen-bond donors (Lipinski definition) is 1. The normalized spacial score (nSPS) is 11.2. The van der Waals surface area contributed by atoms with Gasteiger partial charge < -0.3 is 5.32 Å². The maximum atomic E-state index is 12.0. The van der Waals surface area contributed by atoms with E-state index in [2.05, 4.69) is 5.32 Å². The van der Waals surface area contributed by atoms with Gasteiger partial charge in [0.25, 0.3) is 0 Å². The van der Waals surface area contributed by atoms with Crippen molar-refractivity contribution in [2.24, 2.45) is 0 Å². The highest BCUT2D eigenvalue weighted by Crippen LogP contribution is 2.21. The van der Waals surface area contributed by atoms with Gasteiger partial charge in [0.2, 0.25) is 15.9 Å². The summed E-state index contributed by atoms with van der Waals surface area (Å²) < 4.78 is 25.3. The Labute approximate surface area is 170 Å². The molecule has 0 unspecified atom stereocenters. The molecule has 1 N–H and O–H groups in total. The van der Waals surface area contributed by atoms with E-state index in [4.69, 9.17) is 11.6 Å². The minimum Gasteiger partial charge on any atom is -0.355 e. The smallest absolute Gasteiger partial charge is 0.232 e. The van der Waals surface area contributed by atoms with E-state index in [9.17, 15) is 13.2 Å². The Balaban J connectivity index is 1.74. The minimum absolute atomic E-state index is 0.0757. The standard InChI is InChI=1S/C19H23ClN2O3S2/c1-27(24,25)22(17-11-9-16(20)10-12-17)14-5-8-19(23)21-13-15-26-18-6-3-2-4-7-18/h2-4,6-7,9-12H,5,8,13-15H2,1H3,(H,21,23). The molecule has 0 saturated heterocycles. The van der Waals surface area contributed by atoms with Crippen LogP contribution < -0.4 is 9.62 Å². The van der Waals surface area contributed by atoms with E-state index in [-0.39, 0.29) is 18.9 Å². The number of nitrogens with zero attached hydrogens (tertiary/aromatic N) is 1. The SMILES string of the molecule is CS(=O)(=O)N(CCCC(=O)NCCSc1ccccc1)c1ccc(Cl)cc1. The van der Waals surface area contributed by atoms with E-state index in [1.54, 1.807) is 36.0 Å². The quantitative estimate of drug-likeness (QED) is 0.463. The first-order valence-corrected chi connectivity index (χ1v) is 11.8. The number of halogens is 1. The number of sulfonamides is 1. The van der Waals surface area contributed by atoms with Crippen molar-refractivity contribution in [2.75, 3.05) is 29.4 Å². The molecule has 0 spiro atoms. The molecule has 2 aromatic carbocycles. The van der Waals surface area contributed by atoms with Crippen LogP contribution >= 0.6 is 23.4 Å². The Morgan fingerprint density at radius 3 is 2.41 bits per heavy atom. The number of thioether (sulfide) groups is 1. The number of anilines is 1. The van der Waals surface area contributed by atoms with E-state index in [0.29, 0.717) is 23.7 Å². The van der Waals surface area contributed by atoms with Crippen LogP contribution in [0.25, 0.3) is 0 Å². The lowest BCUT2D eigenvalue weighted by atomic mass is 10.2. The van der Waals surface area contributed by atoms with Gasteiger partial charge >= 0.3 is 0 Å². The number of carbonyl (C=O) groups excluding carboxylic acids is 1. The first kappa shape index (κ1) is 21.6. The highest BCUT2D eigenvalue weighted by molar-refractivity contribution is 7.99. The highest BCUT2D eigenvalue weighted by Gasteiger charge is 2.17. The Bertz CT molecular complexity index is 828. The minimum atomic E-state index is -3.43. The maximum Gasteiger partial charge on any atom is 0.232 e. The van der Waals surface area contributed by atoms with Crippen LogP contribution in [0.15, 0.2) is 59.5 Å². The second kappa shape index (κ2) is 10.6. The fourth-order valence-electron chi connectivity index (χ4n) is 2.44. The molecule has 0 fully saturated rings. The molecule has 8 heteroatoms. The maximum absolute atomic E-state index is 12.0. The third kappa shape index (κ3) is 7.82. The van der Waals surface area contributed by atoms with Crippen molar-refractivity contribution in [2.45, 2.75) is 17.7 Å². The Hall–Kier alpha value is -1.70. The number of amides is 1. The molecule has 0 radical (unpaired) electrons. The molecule has 0 aliphatic rings. The van der Waals surface area contributed by atoms with Crippen LogP contribution in [0.4, 0.5) is 5.69 Å². The highest BCUT2D eigenvalue weighted by atomic mass is 35.5. The number of hydrogen-bond acceptors (Lipinski definition) is 4. The van der Waals surface area contributed by atoms with Gasteiger partial charge in [-0.25, -0.2) is 8.42 Å². The summed E-state index contributed by atoms with van der Waals surface area (Å²) in [6.07, 6.45) is 1.87. The van der Waals surface area contributed by atoms with Crippen LogP contribution in [0.1, 0.15) is 12.8 Å². The number of carbonyl (C=O) groups is 1. The predicted molar refractivity (Wildman–Crippen MR) is 113 cm³/mol. The van der Waals surface area contributed by atoms with Crippen molar-refractivity contribution in [3.05, 3.63) is 59.6 Å². The van der Waals surface area contributed by atoms with Gasteiger partial charge in [-0.05, 0) is 42.8 Å². The van der Waals surface area contributed by atoms with Gasteiger partial charge in [-0.2, -0.15) is 0 Å². The van der Waals surface area contributed by atoms with Crippen LogP contribution in [0.5, 0.6) is 0 Å². The van der Waals surface area contributed by atoms with Crippen molar-refractivity contribution < 1.29 is 13.2 Å². The van der Waals surface area contributed by atoms with Gasteiger partial charge in [0.1, 0.15) is 0 Å². The van der Waals surface area contributed by atoms with Crippen LogP contribution in [-0.2, 0) is 14.8 Å². The summed E-state index contributed by atoms with van der Waals surface area (Å²) in [7, 11) is -3.43. The average Bonchev–Trinajstić information content (AvgIpc) is 2.63. The van der Waals surface area contributed by atoms with Crippen LogP contribution in [0.2, 0.25) is 5.02 Å². The zero-order valence-electron chi connectivity index (χ0n) is 15.1. The molecule has 2 aromatic rings. The molecule has 2 rings (SSSR count). The topological polar surface area (TPSA) is 66.5 Å². The third-order valence-electron chi connectivity index (χ3n) is 3.72. The number of benzene rings is 2. The van der Waals surface area contributed by atoms with Crippen molar-refractivity contribution in [1.29, 1.82) is 0 Å². The largest absolute Gasteiger partial charge is 0.355 e. The summed E-state index contributed by atoms with van der Waals surface area (Å²) >= 11 is 7.53. The van der Waals surface area contributed by atoms with Gasteiger partial charge in [0, 0.05) is 35.2 Å². The Morgan fingerprint density at radius 2 is 1.78 bits per heavy atom. The summed E-state index contributed by atoms with van der Waals surface area (Å²) in [5.41, 5.74) is 0.543. The van der Waals surface area contributed by atoms with E-state index in [0.717, 1.165) is 12.0 Å². The zero-order chi connectivity index (χ0) is 19.7. The second-order valence-corrected chi connectivity index (χ2v) is 9.44. The summed E-state index contributed by atoms with van der Waals surface area (Å²) in [4.78, 5) is 13.1. The Morgan fingerprint density at radius 1 is 1.11 bits per heavy atom. The lowest BCUT2D eigenvalue weighted by Crippen LogP contribution is -2.32. The molecule has 0 heterocycles. The molecular formula is C19H23ClN2O3S2. The van der Waals surface area contributed by atoms with Gasteiger partial charge in [-0.3, -0.25) is 9.10 Å². The molecule has 0 bridgehead atoms. The molecule has 27 heavy (non-hydrogen) atoms. The Kier molecular flexibility index (Phi) is 8.47. The predicted octanol–water partition coefficient (Wildman–Crippen LogP) is 3.79. The van der Waals surface area contributed by atoms with Crippen molar-refractivity contribution >= 4 is 45.0 Å². The molecule has 0 aromatic heterocycles. The van der Waals surface area contributed by atoms with Crippen LogP contribution in [0, 0.1) is 0 Å². The average molecular weight is 427 g/mol. The third-order valence-corrected chi connectivity index (χ3v) is 6.18. The fourth-order valence-corrected chi connectivity index (χ4v) is 4.32. The molecule has 0 atom stereocenters. The number of nitrogens with one attached hydrogen (secondary N) is 1. The van der Waals surface area contributed by atoms with Gasteiger partial charge in [0.15, 0.2) is 0 Å². The lowest BCUT2D eigenvalue weighted by molar-refractivity contribution is -0.121. The molecular weight excluding hydrogens is 404 g/mol. The molecule has 5 nitrogen and oxygen atoms in total. The molecule has 146 valence electrons.